The number of nitrogens with one attached hydrogen (secondary N) is 1. The van der Waals surface area contributed by atoms with Crippen LogP contribution in [0.25, 0.3) is 10.2 Å². The monoisotopic (exact) mass is 349 g/mol. The van der Waals surface area contributed by atoms with Gasteiger partial charge >= 0.3 is 0 Å². The number of nitrogens with zero attached hydrogens (tertiary/aromatic N) is 2. The van der Waals surface area contributed by atoms with Crippen LogP contribution < -0.4 is 5.56 Å². The zero-order chi connectivity index (χ0) is 17.1. The molecule has 0 bridgehead atoms. The van der Waals surface area contributed by atoms with Crippen LogP contribution in [0.15, 0.2) is 17.4 Å². The van der Waals surface area contributed by atoms with Crippen molar-refractivity contribution in [3.63, 3.8) is 0 Å². The molecule has 2 aromatic heterocycles. The van der Waals surface area contributed by atoms with E-state index in [1.807, 2.05) is 4.90 Å². The fraction of sp³-hybridized carbons (Fsp3) is 0.529. The van der Waals surface area contributed by atoms with Crippen LogP contribution in [-0.2, 0) is 24.1 Å². The lowest BCUT2D eigenvalue weighted by atomic mass is 10.2. The maximum atomic E-state index is 12.5. The van der Waals surface area contributed by atoms with Crippen molar-refractivity contribution in [1.29, 1.82) is 0 Å². The Morgan fingerprint density at radius 3 is 3.12 bits per heavy atom. The molecule has 0 saturated carbocycles. The number of hydrogen-bond donors (Lipinski definition) is 2. The fourth-order valence-corrected chi connectivity index (χ4v) is 4.54. The third kappa shape index (κ3) is 3.59. The van der Waals surface area contributed by atoms with Crippen molar-refractivity contribution < 1.29 is 9.84 Å². The van der Waals surface area contributed by atoms with E-state index in [1.54, 1.807) is 24.5 Å². The molecule has 2 aromatic rings. The maximum absolute atomic E-state index is 12.5. The Bertz CT molecular complexity index is 783. The van der Waals surface area contributed by atoms with Gasteiger partial charge in [-0.05, 0) is 24.8 Å². The molecule has 0 fully saturated rings. The van der Waals surface area contributed by atoms with Gasteiger partial charge in [0.25, 0.3) is 5.56 Å². The van der Waals surface area contributed by atoms with E-state index < -0.39 is 6.10 Å². The molecule has 2 N–H and O–H groups in total. The standard InChI is InChI=1S/C17H23N3O3S/c1-3-7-20(8-11(21)10-23-2)9-14-18-16(22)15-12-5-4-6-13(12)24-17(15)19-14/h3,11,21H,1,4-10H2,2H3,(H,18,19,22). The largest absolute Gasteiger partial charge is 0.389 e. The lowest BCUT2D eigenvalue weighted by molar-refractivity contribution is 0.0381. The number of aryl methyl sites for hydroxylation is 2. The minimum Gasteiger partial charge on any atom is -0.389 e. The Labute approximate surface area is 144 Å². The number of aromatic nitrogens is 2. The van der Waals surface area contributed by atoms with Gasteiger partial charge in [0.2, 0.25) is 0 Å². The summed E-state index contributed by atoms with van der Waals surface area (Å²) >= 11 is 1.64. The van der Waals surface area contributed by atoms with Crippen LogP contribution in [0.1, 0.15) is 22.7 Å². The second-order valence-electron chi connectivity index (χ2n) is 6.14. The summed E-state index contributed by atoms with van der Waals surface area (Å²) in [6, 6.07) is 0. The molecule has 24 heavy (non-hydrogen) atoms. The van der Waals surface area contributed by atoms with Crippen molar-refractivity contribution in [2.24, 2.45) is 0 Å². The highest BCUT2D eigenvalue weighted by atomic mass is 32.1. The molecular formula is C17H23N3O3S. The Kier molecular flexibility index (Phi) is 5.45. The highest BCUT2D eigenvalue weighted by Gasteiger charge is 2.21. The number of hydrogen-bond acceptors (Lipinski definition) is 6. The molecule has 1 unspecified atom stereocenters. The molecule has 3 rings (SSSR count). The summed E-state index contributed by atoms with van der Waals surface area (Å²) in [6.07, 6.45) is 4.34. The molecule has 0 aromatic carbocycles. The van der Waals surface area contributed by atoms with E-state index in [0.29, 0.717) is 25.5 Å². The number of aliphatic hydroxyl groups is 1. The van der Waals surface area contributed by atoms with Crippen LogP contribution in [0.2, 0.25) is 0 Å². The van der Waals surface area contributed by atoms with Gasteiger partial charge in [-0.25, -0.2) is 4.98 Å². The number of ether oxygens (including phenoxy) is 1. The zero-order valence-corrected chi connectivity index (χ0v) is 14.7. The number of methoxy groups -OCH3 is 1. The zero-order valence-electron chi connectivity index (χ0n) is 13.9. The quantitative estimate of drug-likeness (QED) is 0.706. The smallest absolute Gasteiger partial charge is 0.259 e. The average molecular weight is 349 g/mol. The Morgan fingerprint density at radius 1 is 1.54 bits per heavy atom. The average Bonchev–Trinajstić information content (AvgIpc) is 3.07. The molecule has 1 aliphatic carbocycles. The van der Waals surface area contributed by atoms with Gasteiger partial charge in [-0.3, -0.25) is 9.69 Å². The second kappa shape index (κ2) is 7.57. The molecule has 6 nitrogen and oxygen atoms in total. The van der Waals surface area contributed by atoms with E-state index in [2.05, 4.69) is 16.5 Å². The predicted molar refractivity (Wildman–Crippen MR) is 95.6 cm³/mol. The molecule has 130 valence electrons. The third-order valence-electron chi connectivity index (χ3n) is 4.21. The van der Waals surface area contributed by atoms with E-state index in [-0.39, 0.29) is 12.2 Å². The number of thiophene rings is 1. The van der Waals surface area contributed by atoms with E-state index in [0.717, 1.165) is 29.5 Å². The predicted octanol–water partition coefficient (Wildman–Crippen LogP) is 1.47. The second-order valence-corrected chi connectivity index (χ2v) is 7.23. The molecule has 0 spiro atoms. The van der Waals surface area contributed by atoms with Crippen molar-refractivity contribution in [3.05, 3.63) is 39.3 Å². The first kappa shape index (κ1) is 17.3. The molecular weight excluding hydrogens is 326 g/mol. The molecule has 7 heteroatoms. The van der Waals surface area contributed by atoms with Crippen LogP contribution in [0.3, 0.4) is 0 Å². The van der Waals surface area contributed by atoms with Crippen molar-refractivity contribution >= 4 is 21.6 Å². The van der Waals surface area contributed by atoms with Crippen LogP contribution in [0.4, 0.5) is 0 Å². The number of H-pyrrole nitrogens is 1. The number of rotatable bonds is 8. The van der Waals surface area contributed by atoms with Crippen molar-refractivity contribution in [2.75, 3.05) is 26.8 Å². The molecule has 0 radical (unpaired) electrons. The molecule has 0 saturated heterocycles. The van der Waals surface area contributed by atoms with Crippen molar-refractivity contribution in [2.45, 2.75) is 31.9 Å². The third-order valence-corrected chi connectivity index (χ3v) is 5.40. The topological polar surface area (TPSA) is 78.5 Å². The summed E-state index contributed by atoms with van der Waals surface area (Å²) in [5.74, 6) is 0.624. The first-order chi connectivity index (χ1) is 11.6. The van der Waals surface area contributed by atoms with Gasteiger partial charge in [-0.2, -0.15) is 0 Å². The minimum absolute atomic E-state index is 0.0506. The summed E-state index contributed by atoms with van der Waals surface area (Å²) < 4.78 is 4.97. The normalized spacial score (nSPS) is 15.1. The molecule has 0 aliphatic heterocycles. The molecule has 2 heterocycles. The molecule has 1 aliphatic rings. The summed E-state index contributed by atoms with van der Waals surface area (Å²) in [6.45, 7) is 5.52. The molecule has 1 atom stereocenters. The fourth-order valence-electron chi connectivity index (χ4n) is 3.26. The summed E-state index contributed by atoms with van der Waals surface area (Å²) in [7, 11) is 1.56. The lowest BCUT2D eigenvalue weighted by Crippen LogP contribution is -2.35. The first-order valence-electron chi connectivity index (χ1n) is 8.16. The van der Waals surface area contributed by atoms with Gasteiger partial charge in [-0.15, -0.1) is 17.9 Å². The Balaban J connectivity index is 1.83. The van der Waals surface area contributed by atoms with Gasteiger partial charge < -0.3 is 14.8 Å². The van der Waals surface area contributed by atoms with Crippen LogP contribution in [0, 0.1) is 0 Å². The minimum atomic E-state index is -0.587. The summed E-state index contributed by atoms with van der Waals surface area (Å²) in [5.41, 5.74) is 1.14. The van der Waals surface area contributed by atoms with Gasteiger partial charge in [0, 0.05) is 25.1 Å². The Morgan fingerprint density at radius 2 is 2.38 bits per heavy atom. The van der Waals surface area contributed by atoms with Crippen LogP contribution in [0.5, 0.6) is 0 Å². The van der Waals surface area contributed by atoms with Gasteiger partial charge in [0.1, 0.15) is 10.7 Å². The van der Waals surface area contributed by atoms with Gasteiger partial charge in [0.15, 0.2) is 0 Å². The van der Waals surface area contributed by atoms with E-state index in [1.165, 1.54) is 10.4 Å². The van der Waals surface area contributed by atoms with Crippen LogP contribution >= 0.6 is 11.3 Å². The number of aromatic amines is 1. The molecule has 0 amide bonds. The summed E-state index contributed by atoms with van der Waals surface area (Å²) in [4.78, 5) is 24.2. The van der Waals surface area contributed by atoms with Gasteiger partial charge in [0.05, 0.1) is 24.6 Å². The van der Waals surface area contributed by atoms with Crippen LogP contribution in [-0.4, -0.2) is 52.9 Å². The SMILES string of the molecule is C=CCN(Cc1nc2sc3c(c2c(=O)[nH]1)CCC3)CC(O)COC. The van der Waals surface area contributed by atoms with E-state index in [9.17, 15) is 9.90 Å². The van der Waals surface area contributed by atoms with E-state index >= 15 is 0 Å². The highest BCUT2D eigenvalue weighted by molar-refractivity contribution is 7.18. The lowest BCUT2D eigenvalue weighted by Gasteiger charge is -2.22. The highest BCUT2D eigenvalue weighted by Crippen LogP contribution is 2.34. The first-order valence-corrected chi connectivity index (χ1v) is 8.97. The van der Waals surface area contributed by atoms with E-state index in [4.69, 9.17) is 4.74 Å². The number of fused-ring (bicyclic) bond motifs is 3. The summed E-state index contributed by atoms with van der Waals surface area (Å²) in [5, 5.41) is 10.7. The Hall–Kier alpha value is -1.54. The maximum Gasteiger partial charge on any atom is 0.259 e. The van der Waals surface area contributed by atoms with Crippen molar-refractivity contribution in [3.8, 4) is 0 Å². The van der Waals surface area contributed by atoms with Gasteiger partial charge in [-0.1, -0.05) is 6.08 Å². The number of aliphatic hydroxyl groups excluding tert-OH is 1. The van der Waals surface area contributed by atoms with Crippen molar-refractivity contribution in [1.82, 2.24) is 14.9 Å².